The summed E-state index contributed by atoms with van der Waals surface area (Å²) in [7, 11) is 0. The summed E-state index contributed by atoms with van der Waals surface area (Å²) in [5.74, 6) is 0.256. The largest absolute Gasteiger partial charge is 0.507 e. The van der Waals surface area contributed by atoms with Crippen LogP contribution in [0.25, 0.3) is 33.2 Å². The molecule has 128 valence electrons. The van der Waals surface area contributed by atoms with Gasteiger partial charge in [0.1, 0.15) is 27.8 Å². The number of H-pyrrole nitrogens is 2. The van der Waals surface area contributed by atoms with Crippen molar-refractivity contribution in [2.45, 2.75) is 6.92 Å². The molecular formula is C19H16N6O. The third-order valence-electron chi connectivity index (χ3n) is 4.01. The molecular weight excluding hydrogens is 328 g/mol. The van der Waals surface area contributed by atoms with E-state index in [-0.39, 0.29) is 5.75 Å². The van der Waals surface area contributed by atoms with E-state index in [4.69, 9.17) is 0 Å². The van der Waals surface area contributed by atoms with Gasteiger partial charge in [-0.15, -0.1) is 0 Å². The summed E-state index contributed by atoms with van der Waals surface area (Å²) in [5.41, 5.74) is 6.16. The van der Waals surface area contributed by atoms with Crippen molar-refractivity contribution < 1.29 is 5.11 Å². The minimum atomic E-state index is 0.256. The number of nitrogens with zero attached hydrogens (tertiary/aromatic N) is 4. The summed E-state index contributed by atoms with van der Waals surface area (Å²) in [6.07, 6.45) is 0. The summed E-state index contributed by atoms with van der Waals surface area (Å²) >= 11 is 0. The van der Waals surface area contributed by atoms with Crippen molar-refractivity contribution in [2.24, 2.45) is 0 Å². The average Bonchev–Trinajstić information content (AvgIpc) is 3.32. The number of phenolic OH excluding ortho intramolecular Hbond substituents is 1. The van der Waals surface area contributed by atoms with Crippen LogP contribution in [0.15, 0.2) is 60.7 Å². The molecule has 0 atom stereocenters. The lowest BCUT2D eigenvalue weighted by Crippen LogP contribution is -1.83. The van der Waals surface area contributed by atoms with Crippen LogP contribution in [0.2, 0.25) is 0 Å². The molecule has 0 radical (unpaired) electrons. The number of hydrogen-bond acceptors (Lipinski definition) is 5. The van der Waals surface area contributed by atoms with E-state index < -0.39 is 0 Å². The molecule has 0 amide bonds. The molecule has 3 N–H and O–H groups in total. The first-order valence-electron chi connectivity index (χ1n) is 8.07. The summed E-state index contributed by atoms with van der Waals surface area (Å²) in [6, 6.07) is 18.9. The molecule has 7 nitrogen and oxygen atoms in total. The first-order valence-corrected chi connectivity index (χ1v) is 8.07. The van der Waals surface area contributed by atoms with E-state index >= 15 is 0 Å². The SMILES string of the molecule is Cc1ccc(O)c(-c2cccc3n[nH]nc23)c1.c1ccc2n[nH]nc2c1. The lowest BCUT2D eigenvalue weighted by Gasteiger charge is -2.06. The molecule has 0 unspecified atom stereocenters. The Labute approximate surface area is 148 Å². The third kappa shape index (κ3) is 2.98. The van der Waals surface area contributed by atoms with Crippen LogP contribution in [0.5, 0.6) is 5.75 Å². The molecule has 0 aliphatic rings. The van der Waals surface area contributed by atoms with Gasteiger partial charge in [0.2, 0.25) is 0 Å². The molecule has 5 rings (SSSR count). The quantitative estimate of drug-likeness (QED) is 0.431. The molecule has 3 aromatic carbocycles. The van der Waals surface area contributed by atoms with Crippen molar-refractivity contribution in [3.8, 4) is 16.9 Å². The van der Waals surface area contributed by atoms with Gasteiger partial charge in [-0.25, -0.2) is 0 Å². The number of phenols is 1. The van der Waals surface area contributed by atoms with Gasteiger partial charge in [0, 0.05) is 11.1 Å². The normalized spacial score (nSPS) is 10.7. The van der Waals surface area contributed by atoms with Gasteiger partial charge in [-0.3, -0.25) is 0 Å². The fourth-order valence-corrected chi connectivity index (χ4v) is 2.74. The maximum atomic E-state index is 9.93. The van der Waals surface area contributed by atoms with Crippen LogP contribution < -0.4 is 0 Å². The lowest BCUT2D eigenvalue weighted by molar-refractivity contribution is 0.477. The number of rotatable bonds is 1. The number of fused-ring (bicyclic) bond motifs is 2. The Balaban J connectivity index is 0.000000157. The number of benzene rings is 3. The van der Waals surface area contributed by atoms with Gasteiger partial charge in [-0.2, -0.15) is 30.8 Å². The highest BCUT2D eigenvalue weighted by atomic mass is 16.3. The zero-order valence-corrected chi connectivity index (χ0v) is 14.0. The Morgan fingerprint density at radius 2 is 1.35 bits per heavy atom. The number of para-hydroxylation sites is 3. The Bertz CT molecular complexity index is 1150. The maximum absolute atomic E-state index is 9.93. The molecule has 5 aromatic rings. The molecule has 0 spiro atoms. The van der Waals surface area contributed by atoms with E-state index in [1.54, 1.807) is 6.07 Å². The van der Waals surface area contributed by atoms with E-state index in [9.17, 15) is 5.11 Å². The van der Waals surface area contributed by atoms with Crippen molar-refractivity contribution in [1.82, 2.24) is 30.8 Å². The molecule has 0 aliphatic heterocycles. The van der Waals surface area contributed by atoms with Crippen molar-refractivity contribution >= 4 is 22.1 Å². The first-order chi connectivity index (χ1) is 12.7. The highest BCUT2D eigenvalue weighted by Crippen LogP contribution is 2.33. The van der Waals surface area contributed by atoms with Gasteiger partial charge in [0.15, 0.2) is 0 Å². The van der Waals surface area contributed by atoms with Crippen LogP contribution in [0.4, 0.5) is 0 Å². The first kappa shape index (κ1) is 15.8. The highest BCUT2D eigenvalue weighted by Gasteiger charge is 2.10. The number of aromatic nitrogens is 6. The van der Waals surface area contributed by atoms with Crippen molar-refractivity contribution in [3.63, 3.8) is 0 Å². The Hall–Kier alpha value is -3.74. The Morgan fingerprint density at radius 1 is 0.692 bits per heavy atom. The predicted octanol–water partition coefficient (Wildman–Crippen LogP) is 3.60. The van der Waals surface area contributed by atoms with E-state index in [0.29, 0.717) is 0 Å². The van der Waals surface area contributed by atoms with Crippen LogP contribution in [-0.4, -0.2) is 35.9 Å². The highest BCUT2D eigenvalue weighted by molar-refractivity contribution is 5.93. The molecule has 2 aromatic heterocycles. The minimum Gasteiger partial charge on any atom is -0.507 e. The number of hydrogen-bond donors (Lipinski definition) is 3. The molecule has 0 saturated heterocycles. The fraction of sp³-hybridized carbons (Fsp3) is 0.0526. The van der Waals surface area contributed by atoms with Gasteiger partial charge in [0.05, 0.1) is 0 Å². The van der Waals surface area contributed by atoms with Crippen LogP contribution in [0.1, 0.15) is 5.56 Å². The topological polar surface area (TPSA) is 103 Å². The minimum absolute atomic E-state index is 0.256. The second-order valence-corrected chi connectivity index (χ2v) is 5.83. The van der Waals surface area contributed by atoms with Crippen LogP contribution in [0.3, 0.4) is 0 Å². The molecule has 0 saturated carbocycles. The number of aromatic hydroxyl groups is 1. The number of aromatic amines is 2. The molecule has 0 fully saturated rings. The van der Waals surface area contributed by atoms with Gasteiger partial charge in [-0.05, 0) is 37.3 Å². The van der Waals surface area contributed by atoms with Gasteiger partial charge >= 0.3 is 0 Å². The summed E-state index contributed by atoms with van der Waals surface area (Å²) in [5, 5.41) is 31.0. The van der Waals surface area contributed by atoms with Crippen molar-refractivity contribution in [1.29, 1.82) is 0 Å². The van der Waals surface area contributed by atoms with Gasteiger partial charge < -0.3 is 5.11 Å². The van der Waals surface area contributed by atoms with Gasteiger partial charge in [0.25, 0.3) is 0 Å². The summed E-state index contributed by atoms with van der Waals surface area (Å²) < 4.78 is 0. The Morgan fingerprint density at radius 3 is 2.12 bits per heavy atom. The second kappa shape index (κ2) is 6.64. The molecule has 2 heterocycles. The van der Waals surface area contributed by atoms with Crippen molar-refractivity contribution in [2.75, 3.05) is 0 Å². The van der Waals surface area contributed by atoms with Crippen LogP contribution in [-0.2, 0) is 0 Å². The monoisotopic (exact) mass is 344 g/mol. The Kier molecular flexibility index (Phi) is 4.03. The smallest absolute Gasteiger partial charge is 0.123 e. The fourth-order valence-electron chi connectivity index (χ4n) is 2.74. The van der Waals surface area contributed by atoms with E-state index in [2.05, 4.69) is 30.8 Å². The summed E-state index contributed by atoms with van der Waals surface area (Å²) in [6.45, 7) is 1.99. The number of aryl methyl sites for hydroxylation is 1. The van der Waals surface area contributed by atoms with Crippen LogP contribution >= 0.6 is 0 Å². The molecule has 7 heteroatoms. The van der Waals surface area contributed by atoms with E-state index in [1.165, 1.54) is 0 Å². The molecule has 26 heavy (non-hydrogen) atoms. The standard InChI is InChI=1S/C13H11N3O.C6H5N3/c1-8-5-6-12(17)10(7-8)9-3-2-4-11-13(9)15-16-14-11;1-2-4-6-5(3-1)7-9-8-6/h2-7,17H,1H3,(H,14,15,16);1-4H,(H,7,8,9). The second-order valence-electron chi connectivity index (χ2n) is 5.83. The molecule has 0 bridgehead atoms. The van der Waals surface area contributed by atoms with Crippen molar-refractivity contribution in [3.05, 3.63) is 66.2 Å². The van der Waals surface area contributed by atoms with E-state index in [1.807, 2.05) is 61.5 Å². The average molecular weight is 344 g/mol. The lowest BCUT2D eigenvalue weighted by atomic mass is 10.0. The van der Waals surface area contributed by atoms with Crippen LogP contribution in [0, 0.1) is 6.92 Å². The number of nitrogens with one attached hydrogen (secondary N) is 2. The molecule has 0 aliphatic carbocycles. The summed E-state index contributed by atoms with van der Waals surface area (Å²) in [4.78, 5) is 0. The maximum Gasteiger partial charge on any atom is 0.123 e. The third-order valence-corrected chi connectivity index (χ3v) is 4.01. The van der Waals surface area contributed by atoms with Gasteiger partial charge in [-0.1, -0.05) is 35.9 Å². The zero-order valence-electron chi connectivity index (χ0n) is 14.0. The van der Waals surface area contributed by atoms with E-state index in [0.717, 1.165) is 38.8 Å². The zero-order chi connectivity index (χ0) is 17.9. The predicted molar refractivity (Wildman–Crippen MR) is 99.6 cm³/mol.